The van der Waals surface area contributed by atoms with Crippen molar-refractivity contribution in [3.05, 3.63) is 57.3 Å². The van der Waals surface area contributed by atoms with Crippen LogP contribution >= 0.6 is 0 Å². The number of benzene rings is 1. The van der Waals surface area contributed by atoms with Crippen LogP contribution in [-0.2, 0) is 19.4 Å². The topological polar surface area (TPSA) is 78.5 Å². The second-order valence-electron chi connectivity index (χ2n) is 7.21. The number of aliphatic hydroxyl groups is 1. The molecule has 0 radical (unpaired) electrons. The number of para-hydroxylation sites is 1. The number of nitrogens with zero attached hydrogens (tertiary/aromatic N) is 2. The molecule has 6 nitrogen and oxygen atoms in total. The van der Waals surface area contributed by atoms with Gasteiger partial charge in [-0.2, -0.15) is 0 Å². The SMILES string of the molecule is CCCC[C@H](O)CN1CCc2nc(Cc3ccccc3OC)[nH]c(=O)c2C1. The fourth-order valence-corrected chi connectivity index (χ4v) is 3.63. The van der Waals surface area contributed by atoms with Crippen molar-refractivity contribution in [2.75, 3.05) is 20.2 Å². The quantitative estimate of drug-likeness (QED) is 0.744. The first kappa shape index (κ1) is 19.6. The molecule has 2 aromatic rings. The van der Waals surface area contributed by atoms with Gasteiger partial charge in [0.25, 0.3) is 5.56 Å². The summed E-state index contributed by atoms with van der Waals surface area (Å²) in [5, 5.41) is 10.2. The number of rotatable bonds is 8. The Morgan fingerprint density at radius 2 is 2.19 bits per heavy atom. The van der Waals surface area contributed by atoms with E-state index in [9.17, 15) is 9.90 Å². The van der Waals surface area contributed by atoms with Crippen LogP contribution in [0.25, 0.3) is 0 Å². The van der Waals surface area contributed by atoms with Gasteiger partial charge in [-0.05, 0) is 12.5 Å². The van der Waals surface area contributed by atoms with Crippen LogP contribution in [0, 0.1) is 0 Å². The summed E-state index contributed by atoms with van der Waals surface area (Å²) in [7, 11) is 1.64. The molecule has 1 aliphatic heterocycles. The Morgan fingerprint density at radius 3 is 2.96 bits per heavy atom. The Hall–Kier alpha value is -2.18. The van der Waals surface area contributed by atoms with E-state index in [0.717, 1.165) is 54.8 Å². The van der Waals surface area contributed by atoms with E-state index >= 15 is 0 Å². The van der Waals surface area contributed by atoms with Crippen LogP contribution < -0.4 is 10.3 Å². The largest absolute Gasteiger partial charge is 0.496 e. The molecular weight excluding hydrogens is 342 g/mol. The van der Waals surface area contributed by atoms with Crippen LogP contribution in [0.15, 0.2) is 29.1 Å². The third kappa shape index (κ3) is 4.96. The monoisotopic (exact) mass is 371 g/mol. The fraction of sp³-hybridized carbons (Fsp3) is 0.524. The van der Waals surface area contributed by atoms with Crippen molar-refractivity contribution in [2.24, 2.45) is 0 Å². The highest BCUT2D eigenvalue weighted by atomic mass is 16.5. The Bertz CT molecular complexity index is 819. The zero-order valence-corrected chi connectivity index (χ0v) is 16.2. The molecule has 0 fully saturated rings. The van der Waals surface area contributed by atoms with Crippen molar-refractivity contribution in [1.82, 2.24) is 14.9 Å². The molecule has 1 aliphatic rings. The number of H-pyrrole nitrogens is 1. The molecule has 0 saturated heterocycles. The zero-order chi connectivity index (χ0) is 19.2. The number of β-amino-alcohol motifs (C(OH)–C–C–N with tert-alkyl or cyclic N) is 1. The number of fused-ring (bicyclic) bond motifs is 1. The Balaban J connectivity index is 1.72. The number of nitrogens with one attached hydrogen (secondary N) is 1. The Morgan fingerprint density at radius 1 is 1.37 bits per heavy atom. The maximum atomic E-state index is 12.6. The van der Waals surface area contributed by atoms with Gasteiger partial charge in [0.2, 0.25) is 0 Å². The summed E-state index contributed by atoms with van der Waals surface area (Å²) in [5.74, 6) is 1.46. The van der Waals surface area contributed by atoms with E-state index in [0.29, 0.717) is 25.3 Å². The lowest BCUT2D eigenvalue weighted by Crippen LogP contribution is -2.40. The van der Waals surface area contributed by atoms with Crippen molar-refractivity contribution < 1.29 is 9.84 Å². The molecule has 1 aromatic carbocycles. The van der Waals surface area contributed by atoms with Crippen LogP contribution in [-0.4, -0.2) is 46.3 Å². The van der Waals surface area contributed by atoms with Gasteiger partial charge in [-0.15, -0.1) is 0 Å². The number of unbranched alkanes of at least 4 members (excludes halogenated alkanes) is 1. The minimum absolute atomic E-state index is 0.0716. The average Bonchev–Trinajstić information content (AvgIpc) is 2.67. The second-order valence-corrected chi connectivity index (χ2v) is 7.21. The van der Waals surface area contributed by atoms with E-state index in [1.807, 2.05) is 24.3 Å². The number of hydrogen-bond donors (Lipinski definition) is 2. The van der Waals surface area contributed by atoms with Crippen molar-refractivity contribution in [3.8, 4) is 5.75 Å². The Labute approximate surface area is 160 Å². The van der Waals surface area contributed by atoms with Crippen LogP contribution in [0.4, 0.5) is 0 Å². The highest BCUT2D eigenvalue weighted by Crippen LogP contribution is 2.21. The number of methoxy groups -OCH3 is 1. The molecular formula is C21H29N3O3. The van der Waals surface area contributed by atoms with Gasteiger partial charge in [-0.25, -0.2) is 4.98 Å². The zero-order valence-electron chi connectivity index (χ0n) is 16.2. The maximum absolute atomic E-state index is 12.6. The smallest absolute Gasteiger partial charge is 0.255 e. The number of aromatic amines is 1. The molecule has 1 aromatic heterocycles. The number of aliphatic hydroxyl groups excluding tert-OH is 1. The van der Waals surface area contributed by atoms with E-state index in [4.69, 9.17) is 9.72 Å². The highest BCUT2D eigenvalue weighted by Gasteiger charge is 2.23. The van der Waals surface area contributed by atoms with E-state index in [-0.39, 0.29) is 11.7 Å². The summed E-state index contributed by atoms with van der Waals surface area (Å²) >= 11 is 0. The summed E-state index contributed by atoms with van der Waals surface area (Å²) in [5.41, 5.74) is 2.54. The van der Waals surface area contributed by atoms with Gasteiger partial charge < -0.3 is 14.8 Å². The summed E-state index contributed by atoms with van der Waals surface area (Å²) in [6, 6.07) is 7.77. The molecule has 146 valence electrons. The molecule has 0 spiro atoms. The summed E-state index contributed by atoms with van der Waals surface area (Å²) < 4.78 is 5.39. The van der Waals surface area contributed by atoms with Gasteiger partial charge in [0.1, 0.15) is 11.6 Å². The summed E-state index contributed by atoms with van der Waals surface area (Å²) in [6.07, 6.45) is 3.86. The van der Waals surface area contributed by atoms with Gasteiger partial charge in [-0.3, -0.25) is 9.69 Å². The first-order valence-corrected chi connectivity index (χ1v) is 9.74. The van der Waals surface area contributed by atoms with Crippen LogP contribution in [0.3, 0.4) is 0 Å². The van der Waals surface area contributed by atoms with E-state index in [1.165, 1.54) is 0 Å². The normalized spacial score (nSPS) is 15.4. The van der Waals surface area contributed by atoms with E-state index in [2.05, 4.69) is 16.8 Å². The van der Waals surface area contributed by atoms with E-state index < -0.39 is 0 Å². The lowest BCUT2D eigenvalue weighted by Gasteiger charge is -2.29. The molecule has 0 saturated carbocycles. The number of aromatic nitrogens is 2. The van der Waals surface area contributed by atoms with Gasteiger partial charge in [0.15, 0.2) is 0 Å². The lowest BCUT2D eigenvalue weighted by molar-refractivity contribution is 0.0960. The Kier molecular flexibility index (Phi) is 6.63. The molecule has 0 amide bonds. The fourth-order valence-electron chi connectivity index (χ4n) is 3.63. The van der Waals surface area contributed by atoms with Gasteiger partial charge >= 0.3 is 0 Å². The molecule has 6 heteroatoms. The van der Waals surface area contributed by atoms with Gasteiger partial charge in [0.05, 0.1) is 24.5 Å². The average molecular weight is 371 g/mol. The molecule has 0 unspecified atom stereocenters. The maximum Gasteiger partial charge on any atom is 0.255 e. The van der Waals surface area contributed by atoms with Crippen molar-refractivity contribution in [2.45, 2.75) is 51.7 Å². The molecule has 2 heterocycles. The third-order valence-electron chi connectivity index (χ3n) is 5.11. The molecule has 0 aliphatic carbocycles. The van der Waals surface area contributed by atoms with Crippen LogP contribution in [0.5, 0.6) is 5.75 Å². The van der Waals surface area contributed by atoms with E-state index in [1.54, 1.807) is 7.11 Å². The summed E-state index contributed by atoms with van der Waals surface area (Å²) in [4.78, 5) is 22.4. The highest BCUT2D eigenvalue weighted by molar-refractivity contribution is 5.35. The predicted octanol–water partition coefficient (Wildman–Crippen LogP) is 2.28. The van der Waals surface area contributed by atoms with Crippen molar-refractivity contribution in [3.63, 3.8) is 0 Å². The predicted molar refractivity (Wildman–Crippen MR) is 105 cm³/mol. The molecule has 1 atom stereocenters. The number of hydrogen-bond acceptors (Lipinski definition) is 5. The standard InChI is InChI=1S/C21H29N3O3/c1-3-4-8-16(25)13-24-11-10-18-17(14-24)21(26)23-20(22-18)12-15-7-5-6-9-19(15)27-2/h5-7,9,16,25H,3-4,8,10-14H2,1-2H3,(H,22,23,26)/t16-/m0/s1. The van der Waals surface area contributed by atoms with Crippen LogP contribution in [0.2, 0.25) is 0 Å². The molecule has 3 rings (SSSR count). The minimum Gasteiger partial charge on any atom is -0.496 e. The molecule has 27 heavy (non-hydrogen) atoms. The van der Waals surface area contributed by atoms with Crippen LogP contribution in [0.1, 0.15) is 48.8 Å². The van der Waals surface area contributed by atoms with Gasteiger partial charge in [-0.1, -0.05) is 38.0 Å². The molecule has 0 bridgehead atoms. The summed E-state index contributed by atoms with van der Waals surface area (Å²) in [6.45, 7) is 4.11. The first-order chi connectivity index (χ1) is 13.1. The molecule has 2 N–H and O–H groups in total. The first-order valence-electron chi connectivity index (χ1n) is 9.74. The third-order valence-corrected chi connectivity index (χ3v) is 5.11. The van der Waals surface area contributed by atoms with Crippen molar-refractivity contribution in [1.29, 1.82) is 0 Å². The minimum atomic E-state index is -0.330. The second kappa shape index (κ2) is 9.15. The number of ether oxygens (including phenoxy) is 1. The van der Waals surface area contributed by atoms with Crippen molar-refractivity contribution >= 4 is 0 Å². The lowest BCUT2D eigenvalue weighted by atomic mass is 10.0. The van der Waals surface area contributed by atoms with Gasteiger partial charge in [0, 0.05) is 38.0 Å².